The third-order valence-electron chi connectivity index (χ3n) is 4.00. The second kappa shape index (κ2) is 8.71. The number of imidazole rings is 1. The SMILES string of the molecule is CC(C)c1nc(CCN)n(Cc2ccccn2)c1Sc1cccc(Cl)c1. The van der Waals surface area contributed by atoms with Crippen LogP contribution in [0.1, 0.15) is 37.0 Å². The molecule has 4 nitrogen and oxygen atoms in total. The lowest BCUT2D eigenvalue weighted by atomic mass is 10.1. The molecule has 0 aliphatic heterocycles. The van der Waals surface area contributed by atoms with Gasteiger partial charge in [0.25, 0.3) is 0 Å². The van der Waals surface area contributed by atoms with E-state index in [9.17, 15) is 0 Å². The van der Waals surface area contributed by atoms with Crippen LogP contribution in [-0.2, 0) is 13.0 Å². The summed E-state index contributed by atoms with van der Waals surface area (Å²) in [5.74, 6) is 1.32. The summed E-state index contributed by atoms with van der Waals surface area (Å²) in [6.45, 7) is 5.58. The van der Waals surface area contributed by atoms with Gasteiger partial charge in [0.2, 0.25) is 0 Å². The van der Waals surface area contributed by atoms with Crippen LogP contribution in [0.5, 0.6) is 0 Å². The fourth-order valence-electron chi connectivity index (χ4n) is 2.76. The predicted molar refractivity (Wildman–Crippen MR) is 108 cm³/mol. The first-order valence-electron chi connectivity index (χ1n) is 8.71. The van der Waals surface area contributed by atoms with Gasteiger partial charge in [-0.2, -0.15) is 0 Å². The van der Waals surface area contributed by atoms with E-state index in [1.165, 1.54) is 0 Å². The number of hydrogen-bond donors (Lipinski definition) is 1. The Labute approximate surface area is 163 Å². The lowest BCUT2D eigenvalue weighted by molar-refractivity contribution is 0.653. The minimum absolute atomic E-state index is 0.318. The first kappa shape index (κ1) is 19.0. The quantitative estimate of drug-likeness (QED) is 0.636. The standard InChI is InChI=1S/C20H23ClN4S/c1-14(2)19-20(26-17-8-5-6-15(21)12-17)25(18(24-19)9-10-22)13-16-7-3-4-11-23-16/h3-8,11-12,14H,9-10,13,22H2,1-2H3. The van der Waals surface area contributed by atoms with Gasteiger partial charge < -0.3 is 10.3 Å². The molecular weight excluding hydrogens is 364 g/mol. The van der Waals surface area contributed by atoms with Gasteiger partial charge in [-0.1, -0.05) is 49.3 Å². The van der Waals surface area contributed by atoms with Crippen LogP contribution in [-0.4, -0.2) is 21.1 Å². The molecule has 2 heterocycles. The van der Waals surface area contributed by atoms with Crippen LogP contribution in [0, 0.1) is 0 Å². The Morgan fingerprint density at radius 2 is 2.04 bits per heavy atom. The highest BCUT2D eigenvalue weighted by Gasteiger charge is 2.20. The van der Waals surface area contributed by atoms with Crippen molar-refractivity contribution in [3.05, 3.63) is 70.9 Å². The number of pyridine rings is 1. The van der Waals surface area contributed by atoms with Gasteiger partial charge in [0.1, 0.15) is 10.9 Å². The van der Waals surface area contributed by atoms with E-state index in [2.05, 4.69) is 29.5 Å². The molecular formula is C20H23ClN4S. The van der Waals surface area contributed by atoms with E-state index in [0.29, 0.717) is 19.0 Å². The number of nitrogens with two attached hydrogens (primary N) is 1. The largest absolute Gasteiger partial charge is 0.330 e. The van der Waals surface area contributed by atoms with Crippen LogP contribution in [0.2, 0.25) is 5.02 Å². The Morgan fingerprint density at radius 1 is 1.19 bits per heavy atom. The van der Waals surface area contributed by atoms with Crippen LogP contribution in [0.3, 0.4) is 0 Å². The summed E-state index contributed by atoms with van der Waals surface area (Å²) < 4.78 is 2.25. The lowest BCUT2D eigenvalue weighted by Crippen LogP contribution is -2.12. The molecule has 0 saturated heterocycles. The third-order valence-corrected chi connectivity index (χ3v) is 5.34. The highest BCUT2D eigenvalue weighted by Crippen LogP contribution is 2.36. The van der Waals surface area contributed by atoms with Gasteiger partial charge in [-0.3, -0.25) is 4.98 Å². The molecule has 3 rings (SSSR count). The zero-order chi connectivity index (χ0) is 18.5. The van der Waals surface area contributed by atoms with Crippen molar-refractivity contribution in [3.63, 3.8) is 0 Å². The van der Waals surface area contributed by atoms with Crippen molar-refractivity contribution >= 4 is 23.4 Å². The summed E-state index contributed by atoms with van der Waals surface area (Å²) in [6, 6.07) is 13.9. The number of nitrogens with zero attached hydrogens (tertiary/aromatic N) is 3. The van der Waals surface area contributed by atoms with Crippen LogP contribution >= 0.6 is 23.4 Å². The zero-order valence-electron chi connectivity index (χ0n) is 15.0. The molecule has 0 aliphatic rings. The van der Waals surface area contributed by atoms with Gasteiger partial charge in [-0.15, -0.1) is 0 Å². The molecule has 0 spiro atoms. The van der Waals surface area contributed by atoms with Crippen molar-refractivity contribution in [2.24, 2.45) is 5.73 Å². The Balaban J connectivity index is 2.06. The van der Waals surface area contributed by atoms with Crippen molar-refractivity contribution in [1.82, 2.24) is 14.5 Å². The molecule has 0 radical (unpaired) electrons. The van der Waals surface area contributed by atoms with Crippen molar-refractivity contribution in [1.29, 1.82) is 0 Å². The maximum absolute atomic E-state index is 6.18. The van der Waals surface area contributed by atoms with E-state index in [0.717, 1.165) is 38.6 Å². The molecule has 3 aromatic rings. The Morgan fingerprint density at radius 3 is 2.69 bits per heavy atom. The van der Waals surface area contributed by atoms with Crippen LogP contribution in [0.25, 0.3) is 0 Å². The molecule has 0 amide bonds. The van der Waals surface area contributed by atoms with Crippen LogP contribution in [0.4, 0.5) is 0 Å². The van der Waals surface area contributed by atoms with E-state index < -0.39 is 0 Å². The van der Waals surface area contributed by atoms with Crippen LogP contribution in [0.15, 0.2) is 58.6 Å². The Kier molecular flexibility index (Phi) is 6.35. The topological polar surface area (TPSA) is 56.7 Å². The Bertz CT molecular complexity index is 862. The minimum atomic E-state index is 0.318. The number of hydrogen-bond acceptors (Lipinski definition) is 4. The summed E-state index contributed by atoms with van der Waals surface area (Å²) >= 11 is 7.87. The molecule has 0 bridgehead atoms. The summed E-state index contributed by atoms with van der Waals surface area (Å²) in [7, 11) is 0. The van der Waals surface area contributed by atoms with E-state index in [4.69, 9.17) is 22.3 Å². The van der Waals surface area contributed by atoms with Gasteiger partial charge in [0.15, 0.2) is 0 Å². The van der Waals surface area contributed by atoms with Crippen molar-refractivity contribution in [2.45, 2.75) is 42.7 Å². The van der Waals surface area contributed by atoms with Gasteiger partial charge in [0, 0.05) is 22.5 Å². The maximum Gasteiger partial charge on any atom is 0.111 e. The van der Waals surface area contributed by atoms with Gasteiger partial charge >= 0.3 is 0 Å². The maximum atomic E-state index is 6.18. The van der Waals surface area contributed by atoms with Crippen molar-refractivity contribution in [3.8, 4) is 0 Å². The molecule has 2 N–H and O–H groups in total. The Hall–Kier alpha value is -1.82. The number of halogens is 1. The predicted octanol–water partition coefficient (Wildman–Crippen LogP) is 4.76. The number of aromatic nitrogens is 3. The highest BCUT2D eigenvalue weighted by molar-refractivity contribution is 7.99. The van der Waals surface area contributed by atoms with E-state index in [1.54, 1.807) is 11.8 Å². The van der Waals surface area contributed by atoms with E-state index in [1.807, 2.05) is 42.6 Å². The molecule has 2 aromatic heterocycles. The number of benzene rings is 1. The zero-order valence-corrected chi connectivity index (χ0v) is 16.6. The fourth-order valence-corrected chi connectivity index (χ4v) is 4.24. The molecule has 26 heavy (non-hydrogen) atoms. The normalized spacial score (nSPS) is 11.3. The van der Waals surface area contributed by atoms with Gasteiger partial charge in [-0.25, -0.2) is 4.98 Å². The molecule has 0 saturated carbocycles. The first-order chi connectivity index (χ1) is 12.6. The average molecular weight is 387 g/mol. The van der Waals surface area contributed by atoms with Crippen molar-refractivity contribution in [2.75, 3.05) is 6.54 Å². The molecule has 0 atom stereocenters. The second-order valence-corrected chi connectivity index (χ2v) is 7.88. The minimum Gasteiger partial charge on any atom is -0.330 e. The lowest BCUT2D eigenvalue weighted by Gasteiger charge is -2.13. The molecule has 0 unspecified atom stereocenters. The summed E-state index contributed by atoms with van der Waals surface area (Å²) in [5.41, 5.74) is 7.94. The average Bonchev–Trinajstić information content (AvgIpc) is 2.94. The monoisotopic (exact) mass is 386 g/mol. The fraction of sp³-hybridized carbons (Fsp3) is 0.300. The molecule has 136 valence electrons. The summed E-state index contributed by atoms with van der Waals surface area (Å²) in [6.07, 6.45) is 2.56. The smallest absolute Gasteiger partial charge is 0.111 e. The number of rotatable bonds is 7. The van der Waals surface area contributed by atoms with Crippen molar-refractivity contribution < 1.29 is 0 Å². The highest BCUT2D eigenvalue weighted by atomic mass is 35.5. The summed E-state index contributed by atoms with van der Waals surface area (Å²) in [4.78, 5) is 10.5. The summed E-state index contributed by atoms with van der Waals surface area (Å²) in [5, 5.41) is 1.87. The van der Waals surface area contributed by atoms with Gasteiger partial charge in [-0.05, 0) is 42.8 Å². The molecule has 1 aromatic carbocycles. The second-order valence-electron chi connectivity index (χ2n) is 6.38. The van der Waals surface area contributed by atoms with E-state index >= 15 is 0 Å². The van der Waals surface area contributed by atoms with Crippen LogP contribution < -0.4 is 5.73 Å². The first-order valence-corrected chi connectivity index (χ1v) is 9.90. The molecule has 0 fully saturated rings. The van der Waals surface area contributed by atoms with Gasteiger partial charge in [0.05, 0.1) is 17.9 Å². The van der Waals surface area contributed by atoms with E-state index in [-0.39, 0.29) is 0 Å². The molecule has 6 heteroatoms. The molecule has 0 aliphatic carbocycles. The third kappa shape index (κ3) is 4.47.